The number of carbonyl (C=O) groups is 2. The van der Waals surface area contributed by atoms with Gasteiger partial charge in [0.2, 0.25) is 0 Å². The van der Waals surface area contributed by atoms with Crippen molar-refractivity contribution in [1.82, 2.24) is 0 Å². The van der Waals surface area contributed by atoms with Crippen molar-refractivity contribution >= 4 is 29.1 Å². The van der Waals surface area contributed by atoms with Gasteiger partial charge in [-0.2, -0.15) is 0 Å². The van der Waals surface area contributed by atoms with Crippen LogP contribution in [-0.2, 0) is 10.4 Å². The van der Waals surface area contributed by atoms with E-state index in [9.17, 15) is 14.7 Å². The summed E-state index contributed by atoms with van der Waals surface area (Å²) in [6.07, 6.45) is 1.69. The van der Waals surface area contributed by atoms with Crippen molar-refractivity contribution in [3.05, 3.63) is 59.7 Å². The molecule has 0 unspecified atom stereocenters. The van der Waals surface area contributed by atoms with Gasteiger partial charge in [-0.3, -0.25) is 9.59 Å². The van der Waals surface area contributed by atoms with E-state index in [1.165, 1.54) is 0 Å². The van der Waals surface area contributed by atoms with Gasteiger partial charge >= 0.3 is 0 Å². The van der Waals surface area contributed by atoms with E-state index in [0.717, 1.165) is 4.90 Å². The lowest BCUT2D eigenvalue weighted by atomic mass is 9.88. The molecule has 1 atom stereocenters. The SMILES string of the molecule is CSc1ccc(C(=O)C[C@@]2(O)C(=O)Nc3ccccc32)cc1. The Morgan fingerprint density at radius 2 is 1.86 bits per heavy atom. The summed E-state index contributed by atoms with van der Waals surface area (Å²) in [5.41, 5.74) is -0.302. The normalized spacial score (nSPS) is 19.6. The molecule has 0 radical (unpaired) electrons. The number of thioether (sulfide) groups is 1. The van der Waals surface area contributed by atoms with Gasteiger partial charge in [0.05, 0.1) is 6.42 Å². The maximum absolute atomic E-state index is 12.4. The third-order valence-electron chi connectivity index (χ3n) is 3.82. The summed E-state index contributed by atoms with van der Waals surface area (Å²) in [6, 6.07) is 14.0. The maximum atomic E-state index is 12.4. The van der Waals surface area contributed by atoms with Crippen molar-refractivity contribution in [2.45, 2.75) is 16.9 Å². The van der Waals surface area contributed by atoms with E-state index in [1.54, 1.807) is 48.2 Å². The van der Waals surface area contributed by atoms with Crippen molar-refractivity contribution in [1.29, 1.82) is 0 Å². The molecule has 0 aromatic heterocycles. The Labute approximate surface area is 132 Å². The number of carbonyl (C=O) groups excluding carboxylic acids is 2. The minimum absolute atomic E-state index is 0.262. The van der Waals surface area contributed by atoms with Crippen LogP contribution < -0.4 is 5.32 Å². The second-order valence-electron chi connectivity index (χ2n) is 5.19. The molecule has 0 bridgehead atoms. The minimum Gasteiger partial charge on any atom is -0.375 e. The molecule has 0 aliphatic carbocycles. The molecule has 4 nitrogen and oxygen atoms in total. The molecule has 0 saturated carbocycles. The minimum atomic E-state index is -1.80. The highest BCUT2D eigenvalue weighted by Gasteiger charge is 2.46. The number of amides is 1. The Bertz CT molecular complexity index is 742. The average Bonchev–Trinajstić information content (AvgIpc) is 2.79. The van der Waals surface area contributed by atoms with Gasteiger partial charge in [0, 0.05) is 21.7 Å². The second-order valence-corrected chi connectivity index (χ2v) is 6.07. The molecule has 0 spiro atoms. The van der Waals surface area contributed by atoms with Crippen molar-refractivity contribution in [3.8, 4) is 0 Å². The van der Waals surface area contributed by atoms with Crippen molar-refractivity contribution in [2.24, 2.45) is 0 Å². The lowest BCUT2D eigenvalue weighted by molar-refractivity contribution is -0.133. The molecule has 3 rings (SSSR count). The number of Topliss-reactive ketones (excluding diaryl/α,β-unsaturated/α-hetero) is 1. The first-order chi connectivity index (χ1) is 10.5. The van der Waals surface area contributed by atoms with Crippen LogP contribution in [0, 0.1) is 0 Å². The summed E-state index contributed by atoms with van der Waals surface area (Å²) < 4.78 is 0. The first kappa shape index (κ1) is 14.8. The Morgan fingerprint density at radius 3 is 2.55 bits per heavy atom. The molecule has 2 aromatic rings. The predicted molar refractivity (Wildman–Crippen MR) is 86.1 cm³/mol. The van der Waals surface area contributed by atoms with Crippen LogP contribution in [-0.4, -0.2) is 23.1 Å². The smallest absolute Gasteiger partial charge is 0.261 e. The highest BCUT2D eigenvalue weighted by molar-refractivity contribution is 7.98. The summed E-state index contributed by atoms with van der Waals surface area (Å²) in [5.74, 6) is -0.815. The van der Waals surface area contributed by atoms with E-state index in [0.29, 0.717) is 16.8 Å². The van der Waals surface area contributed by atoms with Crippen LogP contribution in [0.2, 0.25) is 0 Å². The molecule has 5 heteroatoms. The van der Waals surface area contributed by atoms with Crippen LogP contribution in [0.3, 0.4) is 0 Å². The van der Waals surface area contributed by atoms with E-state index in [2.05, 4.69) is 5.32 Å². The molecule has 1 aliphatic rings. The fourth-order valence-electron chi connectivity index (χ4n) is 2.59. The molecule has 2 N–H and O–H groups in total. The Morgan fingerprint density at radius 1 is 1.18 bits per heavy atom. The third-order valence-corrected chi connectivity index (χ3v) is 4.57. The molecule has 22 heavy (non-hydrogen) atoms. The first-order valence-corrected chi connectivity index (χ1v) is 8.07. The highest BCUT2D eigenvalue weighted by Crippen LogP contribution is 2.38. The van der Waals surface area contributed by atoms with Crippen LogP contribution in [0.15, 0.2) is 53.4 Å². The fraction of sp³-hybridized carbons (Fsp3) is 0.176. The van der Waals surface area contributed by atoms with Gasteiger partial charge in [0.25, 0.3) is 5.91 Å². The highest BCUT2D eigenvalue weighted by atomic mass is 32.2. The number of benzene rings is 2. The van der Waals surface area contributed by atoms with Crippen molar-refractivity contribution in [3.63, 3.8) is 0 Å². The van der Waals surface area contributed by atoms with Crippen LogP contribution in [0.1, 0.15) is 22.3 Å². The van der Waals surface area contributed by atoms with E-state index >= 15 is 0 Å². The largest absolute Gasteiger partial charge is 0.375 e. The topological polar surface area (TPSA) is 66.4 Å². The van der Waals surface area contributed by atoms with Crippen LogP contribution in [0.25, 0.3) is 0 Å². The molecule has 1 heterocycles. The van der Waals surface area contributed by atoms with Gasteiger partial charge in [-0.25, -0.2) is 0 Å². The molecule has 1 amide bonds. The lowest BCUT2D eigenvalue weighted by Gasteiger charge is -2.20. The number of aliphatic hydroxyl groups is 1. The van der Waals surface area contributed by atoms with E-state index in [1.807, 2.05) is 18.4 Å². The zero-order valence-corrected chi connectivity index (χ0v) is 12.8. The van der Waals surface area contributed by atoms with Crippen LogP contribution in [0.5, 0.6) is 0 Å². The summed E-state index contributed by atoms with van der Waals surface area (Å²) in [6.45, 7) is 0. The zero-order valence-electron chi connectivity index (χ0n) is 12.0. The van der Waals surface area contributed by atoms with E-state index < -0.39 is 11.5 Å². The predicted octanol–water partition coefficient (Wildman–Crippen LogP) is 2.82. The monoisotopic (exact) mass is 313 g/mol. The van der Waals surface area contributed by atoms with Gasteiger partial charge in [-0.15, -0.1) is 11.8 Å². The fourth-order valence-corrected chi connectivity index (χ4v) is 3.00. The lowest BCUT2D eigenvalue weighted by Crippen LogP contribution is -2.36. The summed E-state index contributed by atoms with van der Waals surface area (Å²) in [4.78, 5) is 25.6. The number of para-hydroxylation sites is 1. The molecule has 0 fully saturated rings. The molecular weight excluding hydrogens is 298 g/mol. The van der Waals surface area contributed by atoms with Gasteiger partial charge < -0.3 is 10.4 Å². The van der Waals surface area contributed by atoms with Crippen molar-refractivity contribution in [2.75, 3.05) is 11.6 Å². The van der Waals surface area contributed by atoms with Gasteiger partial charge in [-0.05, 0) is 24.5 Å². The third kappa shape index (κ3) is 2.42. The number of nitrogens with one attached hydrogen (secondary N) is 1. The summed E-state index contributed by atoms with van der Waals surface area (Å²) in [5, 5.41) is 13.3. The van der Waals surface area contributed by atoms with Gasteiger partial charge in [-0.1, -0.05) is 30.3 Å². The molecule has 1 aliphatic heterocycles. The Kier molecular flexibility index (Phi) is 3.76. The maximum Gasteiger partial charge on any atom is 0.261 e. The summed E-state index contributed by atoms with van der Waals surface area (Å²) >= 11 is 1.59. The summed E-state index contributed by atoms with van der Waals surface area (Å²) in [7, 11) is 0. The van der Waals surface area contributed by atoms with Gasteiger partial charge in [0.1, 0.15) is 0 Å². The number of fused-ring (bicyclic) bond motifs is 1. The number of ketones is 1. The van der Waals surface area contributed by atoms with Crippen LogP contribution in [0.4, 0.5) is 5.69 Å². The quantitative estimate of drug-likeness (QED) is 0.673. The number of anilines is 1. The Hall–Kier alpha value is -2.11. The standard InChI is InChI=1S/C17H15NO3S/c1-22-12-8-6-11(7-9-12)15(19)10-17(21)13-4-2-3-5-14(13)18-16(17)20/h2-9,21H,10H2,1H3,(H,18,20)/t17-/m0/s1. The molecule has 0 saturated heterocycles. The zero-order chi connectivity index (χ0) is 15.7. The number of hydrogen-bond donors (Lipinski definition) is 2. The van der Waals surface area contributed by atoms with Crippen LogP contribution >= 0.6 is 11.8 Å². The second kappa shape index (κ2) is 5.59. The van der Waals surface area contributed by atoms with Crippen molar-refractivity contribution < 1.29 is 14.7 Å². The molecule has 112 valence electrons. The van der Waals surface area contributed by atoms with E-state index in [-0.39, 0.29) is 12.2 Å². The molecular formula is C17H15NO3S. The van der Waals surface area contributed by atoms with Gasteiger partial charge in [0.15, 0.2) is 11.4 Å². The Balaban J connectivity index is 1.88. The average molecular weight is 313 g/mol. The van der Waals surface area contributed by atoms with E-state index in [4.69, 9.17) is 0 Å². The number of rotatable bonds is 4. The first-order valence-electron chi connectivity index (χ1n) is 6.85. The molecule has 2 aromatic carbocycles. The number of hydrogen-bond acceptors (Lipinski definition) is 4.